The molecule has 2 nitrogen and oxygen atoms in total. The first-order valence-corrected chi connectivity index (χ1v) is 7.13. The SMILES string of the molecule is CSc1ccc2c(ccn2CC(C)N(C)C)c1. The highest BCUT2D eigenvalue weighted by Gasteiger charge is 2.08. The van der Waals surface area contributed by atoms with E-state index < -0.39 is 0 Å². The van der Waals surface area contributed by atoms with Crippen molar-refractivity contribution < 1.29 is 0 Å². The molecule has 0 N–H and O–H groups in total. The fourth-order valence-electron chi connectivity index (χ4n) is 1.91. The van der Waals surface area contributed by atoms with Crippen molar-refractivity contribution in [2.45, 2.75) is 24.4 Å². The summed E-state index contributed by atoms with van der Waals surface area (Å²) < 4.78 is 2.34. The van der Waals surface area contributed by atoms with Gasteiger partial charge in [-0.05, 0) is 51.5 Å². The Hall–Kier alpha value is -0.930. The molecule has 0 aliphatic heterocycles. The molecule has 0 saturated carbocycles. The van der Waals surface area contributed by atoms with Gasteiger partial charge in [0.05, 0.1) is 0 Å². The van der Waals surface area contributed by atoms with Gasteiger partial charge in [-0.2, -0.15) is 0 Å². The van der Waals surface area contributed by atoms with E-state index in [2.05, 4.69) is 67.2 Å². The minimum Gasteiger partial charge on any atom is -0.346 e. The molecule has 0 aliphatic rings. The van der Waals surface area contributed by atoms with E-state index in [1.807, 2.05) is 0 Å². The maximum Gasteiger partial charge on any atom is 0.0481 e. The predicted molar refractivity (Wildman–Crippen MR) is 76.9 cm³/mol. The van der Waals surface area contributed by atoms with Crippen LogP contribution < -0.4 is 0 Å². The minimum absolute atomic E-state index is 0.547. The van der Waals surface area contributed by atoms with Gasteiger partial charge in [0.25, 0.3) is 0 Å². The Balaban J connectivity index is 2.30. The Kier molecular flexibility index (Phi) is 3.79. The molecule has 1 aromatic heterocycles. The number of likely N-dealkylation sites (N-methyl/N-ethyl adjacent to an activating group) is 1. The average Bonchev–Trinajstić information content (AvgIpc) is 2.71. The number of benzene rings is 1. The van der Waals surface area contributed by atoms with Crippen molar-refractivity contribution in [3.05, 3.63) is 30.5 Å². The molecule has 92 valence electrons. The third kappa shape index (κ3) is 2.67. The van der Waals surface area contributed by atoms with Crippen molar-refractivity contribution in [3.8, 4) is 0 Å². The summed E-state index contributed by atoms with van der Waals surface area (Å²) in [6.45, 7) is 3.29. The summed E-state index contributed by atoms with van der Waals surface area (Å²) in [5.74, 6) is 0. The Morgan fingerprint density at radius 2 is 2.06 bits per heavy atom. The molecule has 1 heterocycles. The molecule has 0 saturated heterocycles. The van der Waals surface area contributed by atoms with E-state index in [4.69, 9.17) is 0 Å². The van der Waals surface area contributed by atoms with E-state index in [0.29, 0.717) is 6.04 Å². The zero-order valence-corrected chi connectivity index (χ0v) is 11.8. The molecule has 1 atom stereocenters. The fourth-order valence-corrected chi connectivity index (χ4v) is 2.36. The summed E-state index contributed by atoms with van der Waals surface area (Å²) in [6.07, 6.45) is 4.31. The summed E-state index contributed by atoms with van der Waals surface area (Å²) in [5.41, 5.74) is 1.33. The topological polar surface area (TPSA) is 8.17 Å². The molecule has 0 bridgehead atoms. The summed E-state index contributed by atoms with van der Waals surface area (Å²) in [4.78, 5) is 3.58. The van der Waals surface area contributed by atoms with Gasteiger partial charge in [0, 0.05) is 34.6 Å². The number of fused-ring (bicyclic) bond motifs is 1. The molecule has 2 aromatic rings. The quantitative estimate of drug-likeness (QED) is 0.767. The second kappa shape index (κ2) is 5.15. The van der Waals surface area contributed by atoms with Gasteiger partial charge in [0.1, 0.15) is 0 Å². The van der Waals surface area contributed by atoms with E-state index in [1.54, 1.807) is 11.8 Å². The van der Waals surface area contributed by atoms with Crippen LogP contribution in [-0.2, 0) is 6.54 Å². The molecule has 0 spiro atoms. The van der Waals surface area contributed by atoms with Crippen LogP contribution in [0.25, 0.3) is 10.9 Å². The van der Waals surface area contributed by atoms with Crippen LogP contribution in [0.1, 0.15) is 6.92 Å². The first-order valence-electron chi connectivity index (χ1n) is 5.91. The largest absolute Gasteiger partial charge is 0.346 e. The van der Waals surface area contributed by atoms with Crippen molar-refractivity contribution in [1.82, 2.24) is 9.47 Å². The molecule has 2 rings (SSSR count). The first-order chi connectivity index (χ1) is 8.11. The van der Waals surface area contributed by atoms with Gasteiger partial charge in [-0.15, -0.1) is 11.8 Å². The Bertz CT molecular complexity index is 502. The van der Waals surface area contributed by atoms with E-state index >= 15 is 0 Å². The summed E-state index contributed by atoms with van der Waals surface area (Å²) in [7, 11) is 4.25. The Labute approximate surface area is 108 Å². The predicted octanol–water partition coefficient (Wildman–Crippen LogP) is 3.31. The lowest BCUT2D eigenvalue weighted by Crippen LogP contribution is -2.28. The van der Waals surface area contributed by atoms with Gasteiger partial charge in [0.15, 0.2) is 0 Å². The molecule has 1 aromatic carbocycles. The van der Waals surface area contributed by atoms with Gasteiger partial charge >= 0.3 is 0 Å². The molecule has 0 fully saturated rings. The van der Waals surface area contributed by atoms with Gasteiger partial charge in [0.2, 0.25) is 0 Å². The maximum absolute atomic E-state index is 2.34. The molecular weight excluding hydrogens is 228 g/mol. The standard InChI is InChI=1S/C14H20N2S/c1-11(15(2)3)10-16-8-7-12-9-13(17-4)5-6-14(12)16/h5-9,11H,10H2,1-4H3. The number of nitrogens with zero attached hydrogens (tertiary/aromatic N) is 2. The van der Waals surface area contributed by atoms with Crippen molar-refractivity contribution in [3.63, 3.8) is 0 Å². The highest BCUT2D eigenvalue weighted by atomic mass is 32.2. The number of aromatic nitrogens is 1. The zero-order chi connectivity index (χ0) is 12.4. The number of rotatable bonds is 4. The van der Waals surface area contributed by atoms with Crippen LogP contribution in [0.2, 0.25) is 0 Å². The molecule has 0 radical (unpaired) electrons. The zero-order valence-electron chi connectivity index (χ0n) is 11.0. The number of hydrogen-bond acceptors (Lipinski definition) is 2. The monoisotopic (exact) mass is 248 g/mol. The average molecular weight is 248 g/mol. The van der Waals surface area contributed by atoms with Crippen molar-refractivity contribution in [2.75, 3.05) is 20.4 Å². The normalized spacial score (nSPS) is 13.5. The number of thioether (sulfide) groups is 1. The van der Waals surface area contributed by atoms with E-state index in [-0.39, 0.29) is 0 Å². The van der Waals surface area contributed by atoms with Crippen LogP contribution in [0.15, 0.2) is 35.4 Å². The second-order valence-electron chi connectivity index (χ2n) is 4.71. The van der Waals surface area contributed by atoms with E-state index in [0.717, 1.165) is 6.54 Å². The van der Waals surface area contributed by atoms with Crippen LogP contribution in [0.4, 0.5) is 0 Å². The summed E-state index contributed by atoms with van der Waals surface area (Å²) in [5, 5.41) is 1.34. The fraction of sp³-hybridized carbons (Fsp3) is 0.429. The highest BCUT2D eigenvalue weighted by molar-refractivity contribution is 7.98. The Morgan fingerprint density at radius 1 is 1.29 bits per heavy atom. The van der Waals surface area contributed by atoms with Crippen molar-refractivity contribution >= 4 is 22.7 Å². The van der Waals surface area contributed by atoms with Crippen LogP contribution in [0.5, 0.6) is 0 Å². The van der Waals surface area contributed by atoms with Crippen LogP contribution in [0.3, 0.4) is 0 Å². The molecule has 0 amide bonds. The van der Waals surface area contributed by atoms with Crippen LogP contribution in [0, 0.1) is 0 Å². The lowest BCUT2D eigenvalue weighted by molar-refractivity contribution is 0.286. The maximum atomic E-state index is 2.34. The first kappa shape index (κ1) is 12.5. The van der Waals surface area contributed by atoms with Crippen molar-refractivity contribution in [1.29, 1.82) is 0 Å². The van der Waals surface area contributed by atoms with Crippen LogP contribution in [-0.4, -0.2) is 35.9 Å². The van der Waals surface area contributed by atoms with Gasteiger partial charge in [-0.25, -0.2) is 0 Å². The van der Waals surface area contributed by atoms with Gasteiger partial charge in [-0.1, -0.05) is 0 Å². The summed E-state index contributed by atoms with van der Waals surface area (Å²) >= 11 is 1.79. The Morgan fingerprint density at radius 3 is 2.71 bits per heavy atom. The smallest absolute Gasteiger partial charge is 0.0481 e. The van der Waals surface area contributed by atoms with Gasteiger partial charge in [-0.3, -0.25) is 0 Å². The van der Waals surface area contributed by atoms with Crippen LogP contribution >= 0.6 is 11.8 Å². The molecular formula is C14H20N2S. The van der Waals surface area contributed by atoms with E-state index in [1.165, 1.54) is 15.8 Å². The second-order valence-corrected chi connectivity index (χ2v) is 5.59. The van der Waals surface area contributed by atoms with Gasteiger partial charge < -0.3 is 9.47 Å². The lowest BCUT2D eigenvalue weighted by atomic mass is 10.2. The number of hydrogen-bond donors (Lipinski definition) is 0. The molecule has 0 aliphatic carbocycles. The third-order valence-electron chi connectivity index (χ3n) is 3.32. The third-order valence-corrected chi connectivity index (χ3v) is 4.05. The molecule has 17 heavy (non-hydrogen) atoms. The van der Waals surface area contributed by atoms with E-state index in [9.17, 15) is 0 Å². The van der Waals surface area contributed by atoms with Crippen molar-refractivity contribution in [2.24, 2.45) is 0 Å². The summed E-state index contributed by atoms with van der Waals surface area (Å²) in [6, 6.07) is 9.44. The minimum atomic E-state index is 0.547. The molecule has 1 unspecified atom stereocenters. The highest BCUT2D eigenvalue weighted by Crippen LogP contribution is 2.23. The lowest BCUT2D eigenvalue weighted by Gasteiger charge is -2.20. The molecule has 3 heteroatoms.